The SMILES string of the molecule is CCCCN1CCc2cc(OC)c(OC)c3c2C1Cc1cc2c(cc1-3)OCO2. The molecule has 1 atom stereocenters. The molecule has 5 rings (SSSR count). The smallest absolute Gasteiger partial charge is 0.231 e. The van der Waals surface area contributed by atoms with Gasteiger partial charge in [-0.05, 0) is 66.3 Å². The average Bonchev–Trinajstić information content (AvgIpc) is 3.18. The van der Waals surface area contributed by atoms with Gasteiger partial charge in [0.1, 0.15) is 0 Å². The maximum atomic E-state index is 5.88. The normalized spacial score (nSPS) is 19.2. The molecule has 0 saturated carbocycles. The average molecular weight is 381 g/mol. The van der Waals surface area contributed by atoms with Crippen molar-refractivity contribution >= 4 is 0 Å². The summed E-state index contributed by atoms with van der Waals surface area (Å²) in [6, 6.07) is 6.83. The van der Waals surface area contributed by atoms with E-state index < -0.39 is 0 Å². The molecule has 3 aliphatic rings. The lowest BCUT2D eigenvalue weighted by Gasteiger charge is -2.42. The van der Waals surface area contributed by atoms with Crippen molar-refractivity contribution in [1.82, 2.24) is 4.90 Å². The number of fused-ring (bicyclic) bond motifs is 3. The zero-order chi connectivity index (χ0) is 19.3. The molecule has 0 N–H and O–H groups in total. The molecule has 1 unspecified atom stereocenters. The predicted octanol–water partition coefficient (Wildman–Crippen LogP) is 4.35. The van der Waals surface area contributed by atoms with Crippen LogP contribution in [0.2, 0.25) is 0 Å². The first-order valence-electron chi connectivity index (χ1n) is 10.2. The van der Waals surface area contributed by atoms with E-state index in [0.29, 0.717) is 6.04 Å². The molecule has 2 aromatic rings. The van der Waals surface area contributed by atoms with Crippen molar-refractivity contribution in [2.75, 3.05) is 34.1 Å². The molecule has 1 aliphatic carbocycles. The predicted molar refractivity (Wildman–Crippen MR) is 108 cm³/mol. The van der Waals surface area contributed by atoms with E-state index in [2.05, 4.69) is 30.0 Å². The second kappa shape index (κ2) is 6.89. The molecular weight excluding hydrogens is 354 g/mol. The Morgan fingerprint density at radius 1 is 1.07 bits per heavy atom. The Morgan fingerprint density at radius 3 is 2.64 bits per heavy atom. The molecule has 5 nitrogen and oxygen atoms in total. The summed E-state index contributed by atoms with van der Waals surface area (Å²) in [6.07, 6.45) is 4.47. The summed E-state index contributed by atoms with van der Waals surface area (Å²) in [7, 11) is 3.45. The Morgan fingerprint density at radius 2 is 1.89 bits per heavy atom. The molecule has 0 aromatic heterocycles. The summed E-state index contributed by atoms with van der Waals surface area (Å²) >= 11 is 0. The Kier molecular flexibility index (Phi) is 4.35. The van der Waals surface area contributed by atoms with Gasteiger partial charge in [-0.25, -0.2) is 0 Å². The fraction of sp³-hybridized carbons (Fsp3) is 0.478. The number of ether oxygens (including phenoxy) is 4. The van der Waals surface area contributed by atoms with Crippen LogP contribution < -0.4 is 18.9 Å². The van der Waals surface area contributed by atoms with E-state index in [1.807, 2.05) is 0 Å². The second-order valence-electron chi connectivity index (χ2n) is 7.78. The van der Waals surface area contributed by atoms with Crippen LogP contribution in [0.4, 0.5) is 0 Å². The van der Waals surface area contributed by atoms with E-state index in [-0.39, 0.29) is 6.79 Å². The third-order valence-electron chi connectivity index (χ3n) is 6.32. The van der Waals surface area contributed by atoms with Crippen LogP contribution in [0.15, 0.2) is 18.2 Å². The van der Waals surface area contributed by atoms with Gasteiger partial charge in [-0.15, -0.1) is 0 Å². The number of benzene rings is 2. The van der Waals surface area contributed by atoms with Gasteiger partial charge in [0, 0.05) is 18.2 Å². The van der Waals surface area contributed by atoms with Crippen LogP contribution in [0.5, 0.6) is 23.0 Å². The van der Waals surface area contributed by atoms with Gasteiger partial charge in [-0.2, -0.15) is 0 Å². The Labute approximate surface area is 166 Å². The fourth-order valence-electron chi connectivity index (χ4n) is 4.97. The topological polar surface area (TPSA) is 40.2 Å². The van der Waals surface area contributed by atoms with Crippen LogP contribution in [-0.4, -0.2) is 39.0 Å². The molecule has 28 heavy (non-hydrogen) atoms. The van der Waals surface area contributed by atoms with Gasteiger partial charge >= 0.3 is 0 Å². The summed E-state index contributed by atoms with van der Waals surface area (Å²) in [4.78, 5) is 2.65. The highest BCUT2D eigenvalue weighted by Crippen LogP contribution is 2.54. The third kappa shape index (κ3) is 2.56. The highest BCUT2D eigenvalue weighted by Gasteiger charge is 2.38. The minimum Gasteiger partial charge on any atom is -0.493 e. The zero-order valence-corrected chi connectivity index (χ0v) is 16.8. The zero-order valence-electron chi connectivity index (χ0n) is 16.8. The number of unbranched alkanes of at least 4 members (excludes halogenated alkanes) is 1. The van der Waals surface area contributed by atoms with Crippen molar-refractivity contribution < 1.29 is 18.9 Å². The molecule has 0 radical (unpaired) electrons. The Bertz CT molecular complexity index is 924. The molecule has 0 fully saturated rings. The van der Waals surface area contributed by atoms with Crippen LogP contribution >= 0.6 is 0 Å². The summed E-state index contributed by atoms with van der Waals surface area (Å²) in [5.74, 6) is 3.29. The maximum absolute atomic E-state index is 5.88. The lowest BCUT2D eigenvalue weighted by Crippen LogP contribution is -2.39. The quantitative estimate of drug-likeness (QED) is 0.770. The van der Waals surface area contributed by atoms with Gasteiger partial charge in [0.15, 0.2) is 23.0 Å². The number of rotatable bonds is 5. The number of nitrogens with zero attached hydrogens (tertiary/aromatic N) is 1. The van der Waals surface area contributed by atoms with Crippen molar-refractivity contribution in [1.29, 1.82) is 0 Å². The molecule has 148 valence electrons. The van der Waals surface area contributed by atoms with Crippen molar-refractivity contribution in [2.24, 2.45) is 0 Å². The van der Waals surface area contributed by atoms with E-state index >= 15 is 0 Å². The van der Waals surface area contributed by atoms with E-state index in [4.69, 9.17) is 18.9 Å². The Hall–Kier alpha value is -2.40. The maximum Gasteiger partial charge on any atom is 0.231 e. The van der Waals surface area contributed by atoms with Gasteiger partial charge < -0.3 is 18.9 Å². The molecular formula is C23H27NO4. The first-order valence-corrected chi connectivity index (χ1v) is 10.2. The summed E-state index contributed by atoms with van der Waals surface area (Å²) in [5, 5.41) is 0. The van der Waals surface area contributed by atoms with Crippen LogP contribution in [0.25, 0.3) is 11.1 Å². The molecule has 0 amide bonds. The van der Waals surface area contributed by atoms with E-state index in [0.717, 1.165) is 48.9 Å². The highest BCUT2D eigenvalue weighted by molar-refractivity contribution is 5.85. The number of methoxy groups -OCH3 is 2. The van der Waals surface area contributed by atoms with Gasteiger partial charge in [-0.1, -0.05) is 13.3 Å². The van der Waals surface area contributed by atoms with Gasteiger partial charge in [-0.3, -0.25) is 4.90 Å². The summed E-state index contributed by atoms with van der Waals surface area (Å²) in [5.41, 5.74) is 6.44. The first kappa shape index (κ1) is 17.7. The molecule has 2 heterocycles. The number of hydrogen-bond donors (Lipinski definition) is 0. The fourth-order valence-corrected chi connectivity index (χ4v) is 4.97. The van der Waals surface area contributed by atoms with E-state index in [1.54, 1.807) is 14.2 Å². The van der Waals surface area contributed by atoms with E-state index in [9.17, 15) is 0 Å². The molecule has 0 bridgehead atoms. The number of hydrogen-bond acceptors (Lipinski definition) is 5. The molecule has 2 aromatic carbocycles. The molecule has 2 aliphatic heterocycles. The lowest BCUT2D eigenvalue weighted by atomic mass is 9.76. The van der Waals surface area contributed by atoms with Gasteiger partial charge in [0.2, 0.25) is 6.79 Å². The largest absolute Gasteiger partial charge is 0.493 e. The van der Waals surface area contributed by atoms with Crippen molar-refractivity contribution in [3.05, 3.63) is 34.9 Å². The standard InChI is InChI=1S/C23H27NO4/c1-4-5-7-24-8-6-14-10-20(25-2)23(26-3)22-16-12-19-18(27-13-28-19)11-15(16)9-17(24)21(14)22/h10-12,17H,4-9,13H2,1-3H3. The van der Waals surface area contributed by atoms with Crippen LogP contribution in [0.1, 0.15) is 42.5 Å². The second-order valence-corrected chi connectivity index (χ2v) is 7.78. The van der Waals surface area contributed by atoms with Gasteiger partial charge in [0.25, 0.3) is 0 Å². The van der Waals surface area contributed by atoms with Crippen LogP contribution in [-0.2, 0) is 12.8 Å². The van der Waals surface area contributed by atoms with Gasteiger partial charge in [0.05, 0.1) is 14.2 Å². The van der Waals surface area contributed by atoms with Crippen molar-refractivity contribution in [2.45, 2.75) is 38.6 Å². The van der Waals surface area contributed by atoms with E-state index in [1.165, 1.54) is 40.7 Å². The minimum atomic E-state index is 0.289. The van der Waals surface area contributed by atoms with Crippen molar-refractivity contribution in [3.8, 4) is 34.1 Å². The summed E-state index contributed by atoms with van der Waals surface area (Å²) in [6.45, 7) is 4.77. The van der Waals surface area contributed by atoms with Crippen molar-refractivity contribution in [3.63, 3.8) is 0 Å². The lowest BCUT2D eigenvalue weighted by molar-refractivity contribution is 0.173. The minimum absolute atomic E-state index is 0.289. The summed E-state index contributed by atoms with van der Waals surface area (Å²) < 4.78 is 22.9. The third-order valence-corrected chi connectivity index (χ3v) is 6.32. The first-order chi connectivity index (χ1) is 13.7. The molecule has 0 saturated heterocycles. The monoisotopic (exact) mass is 381 g/mol. The highest BCUT2D eigenvalue weighted by atomic mass is 16.7. The molecule has 5 heteroatoms. The molecule has 0 spiro atoms. The van der Waals surface area contributed by atoms with Crippen LogP contribution in [0.3, 0.4) is 0 Å². The Balaban J connectivity index is 1.74. The van der Waals surface area contributed by atoms with Crippen LogP contribution in [0, 0.1) is 0 Å².